The second-order valence-corrected chi connectivity index (χ2v) is 2.46. The minimum absolute atomic E-state index is 0.111. The average Bonchev–Trinajstić information content (AvgIpc) is 2.10. The van der Waals surface area contributed by atoms with E-state index < -0.39 is 17.9 Å². The number of aliphatic carboxylic acids is 1. The number of nitrogens with two attached hydrogens (primary N) is 1. The Morgan fingerprint density at radius 2 is 2.23 bits per heavy atom. The number of carboxylic acid groups (broad SMARTS) is 1. The number of terminal acetylenes is 1. The molecule has 0 aliphatic carbocycles. The maximum Gasteiger partial charge on any atom is 0.303 e. The molecule has 0 aromatic heterocycles. The van der Waals surface area contributed by atoms with Crippen molar-refractivity contribution < 1.29 is 14.7 Å². The lowest BCUT2D eigenvalue weighted by Crippen LogP contribution is -2.40. The Labute approximate surface area is 76.3 Å². The molecule has 0 spiro atoms. The normalized spacial score (nSPS) is 11.4. The number of carbonyl (C=O) groups is 2. The van der Waals surface area contributed by atoms with Gasteiger partial charge < -0.3 is 16.2 Å². The van der Waals surface area contributed by atoms with Crippen molar-refractivity contribution in [1.82, 2.24) is 5.32 Å². The number of hydrogen-bond donors (Lipinski definition) is 3. The molecule has 4 N–H and O–H groups in total. The molecule has 0 saturated heterocycles. The summed E-state index contributed by atoms with van der Waals surface area (Å²) in [5.41, 5.74) is 5.36. The molecule has 72 valence electrons. The van der Waals surface area contributed by atoms with Gasteiger partial charge in [-0.05, 0) is 6.42 Å². The molecule has 5 nitrogen and oxygen atoms in total. The fourth-order valence-electron chi connectivity index (χ4n) is 0.679. The molecule has 0 aliphatic rings. The minimum Gasteiger partial charge on any atom is -0.481 e. The third-order valence-electron chi connectivity index (χ3n) is 1.37. The van der Waals surface area contributed by atoms with Gasteiger partial charge in [-0.3, -0.25) is 9.59 Å². The topological polar surface area (TPSA) is 92.4 Å². The number of carbonyl (C=O) groups excluding carboxylic acids is 1. The van der Waals surface area contributed by atoms with Crippen molar-refractivity contribution in [3.05, 3.63) is 0 Å². The zero-order valence-corrected chi connectivity index (χ0v) is 7.12. The average molecular weight is 184 g/mol. The van der Waals surface area contributed by atoms with Gasteiger partial charge in [0.15, 0.2) is 0 Å². The first-order chi connectivity index (χ1) is 6.07. The molecular formula is C8H12N2O3. The molecule has 1 atom stereocenters. The summed E-state index contributed by atoms with van der Waals surface area (Å²) in [4.78, 5) is 21.1. The van der Waals surface area contributed by atoms with Gasteiger partial charge in [-0.2, -0.15) is 0 Å². The quantitative estimate of drug-likeness (QED) is 0.474. The lowest BCUT2D eigenvalue weighted by Gasteiger charge is -2.08. The highest BCUT2D eigenvalue weighted by Gasteiger charge is 2.13. The van der Waals surface area contributed by atoms with Crippen molar-refractivity contribution in [3.8, 4) is 12.3 Å². The summed E-state index contributed by atoms with van der Waals surface area (Å²) < 4.78 is 0. The summed E-state index contributed by atoms with van der Waals surface area (Å²) in [6.07, 6.45) is 4.90. The van der Waals surface area contributed by atoms with Gasteiger partial charge >= 0.3 is 5.97 Å². The summed E-state index contributed by atoms with van der Waals surface area (Å²) in [7, 11) is 0. The van der Waals surface area contributed by atoms with Crippen LogP contribution in [0.15, 0.2) is 0 Å². The summed E-state index contributed by atoms with van der Waals surface area (Å²) in [5.74, 6) is 0.825. The van der Waals surface area contributed by atoms with E-state index >= 15 is 0 Å². The number of carboxylic acids is 1. The molecule has 0 fully saturated rings. The largest absolute Gasteiger partial charge is 0.481 e. The van der Waals surface area contributed by atoms with Crippen molar-refractivity contribution >= 4 is 11.9 Å². The monoisotopic (exact) mass is 184 g/mol. The molecule has 0 rings (SSSR count). The van der Waals surface area contributed by atoms with E-state index in [9.17, 15) is 9.59 Å². The van der Waals surface area contributed by atoms with Crippen LogP contribution in [0.2, 0.25) is 0 Å². The first-order valence-electron chi connectivity index (χ1n) is 3.76. The van der Waals surface area contributed by atoms with E-state index in [0.717, 1.165) is 0 Å². The third-order valence-corrected chi connectivity index (χ3v) is 1.37. The van der Waals surface area contributed by atoms with E-state index in [1.807, 2.05) is 0 Å². The predicted octanol–water partition coefficient (Wildman–Crippen LogP) is -1.07. The van der Waals surface area contributed by atoms with Gasteiger partial charge in [0, 0.05) is 6.42 Å². The Morgan fingerprint density at radius 1 is 1.62 bits per heavy atom. The van der Waals surface area contributed by atoms with E-state index in [2.05, 4.69) is 11.2 Å². The second-order valence-electron chi connectivity index (χ2n) is 2.46. The molecule has 0 saturated carbocycles. The Hall–Kier alpha value is -1.54. The van der Waals surface area contributed by atoms with Crippen molar-refractivity contribution in [2.24, 2.45) is 5.73 Å². The molecule has 5 heteroatoms. The van der Waals surface area contributed by atoms with Crippen LogP contribution in [0.3, 0.4) is 0 Å². The minimum atomic E-state index is -0.972. The summed E-state index contributed by atoms with van der Waals surface area (Å²) >= 11 is 0. The summed E-state index contributed by atoms with van der Waals surface area (Å²) in [5, 5.41) is 10.7. The van der Waals surface area contributed by atoms with E-state index in [0.29, 0.717) is 0 Å². The van der Waals surface area contributed by atoms with Crippen LogP contribution in [0, 0.1) is 12.3 Å². The Morgan fingerprint density at radius 3 is 2.69 bits per heavy atom. The van der Waals surface area contributed by atoms with Gasteiger partial charge in [0.05, 0.1) is 12.6 Å². The molecule has 0 aromatic carbocycles. The van der Waals surface area contributed by atoms with Crippen molar-refractivity contribution in [2.45, 2.75) is 18.9 Å². The molecule has 0 aromatic rings. The van der Waals surface area contributed by atoms with E-state index in [1.54, 1.807) is 0 Å². The standard InChI is InChI=1S/C8H12N2O3/c1-2-5-10-8(13)6(9)3-4-7(11)12/h1,6H,3-5,9H2,(H,10,13)(H,11,12). The van der Waals surface area contributed by atoms with Crippen LogP contribution in [-0.4, -0.2) is 29.6 Å². The van der Waals surface area contributed by atoms with E-state index in [1.165, 1.54) is 0 Å². The Balaban J connectivity index is 3.70. The van der Waals surface area contributed by atoms with Gasteiger partial charge in [0.2, 0.25) is 5.91 Å². The predicted molar refractivity (Wildman–Crippen MR) is 46.7 cm³/mol. The highest BCUT2D eigenvalue weighted by Crippen LogP contribution is 1.94. The number of amides is 1. The molecule has 1 unspecified atom stereocenters. The Kier molecular flexibility index (Phi) is 5.32. The smallest absolute Gasteiger partial charge is 0.303 e. The molecule has 0 aliphatic heterocycles. The molecule has 0 radical (unpaired) electrons. The van der Waals surface area contributed by atoms with Crippen LogP contribution < -0.4 is 11.1 Å². The number of rotatable bonds is 5. The van der Waals surface area contributed by atoms with Gasteiger partial charge in [-0.25, -0.2) is 0 Å². The van der Waals surface area contributed by atoms with Crippen LogP contribution in [0.25, 0.3) is 0 Å². The van der Waals surface area contributed by atoms with Gasteiger partial charge in [0.1, 0.15) is 0 Å². The molecule has 0 bridgehead atoms. The van der Waals surface area contributed by atoms with Crippen LogP contribution >= 0.6 is 0 Å². The molecule has 1 amide bonds. The lowest BCUT2D eigenvalue weighted by molar-refractivity contribution is -0.137. The Bertz CT molecular complexity index is 232. The van der Waals surface area contributed by atoms with Gasteiger partial charge in [-0.1, -0.05) is 5.92 Å². The molecular weight excluding hydrogens is 172 g/mol. The van der Waals surface area contributed by atoms with Crippen LogP contribution in [-0.2, 0) is 9.59 Å². The lowest BCUT2D eigenvalue weighted by atomic mass is 10.1. The van der Waals surface area contributed by atoms with Crippen LogP contribution in [0.5, 0.6) is 0 Å². The summed E-state index contributed by atoms with van der Waals surface area (Å²) in [6.45, 7) is 0.111. The highest BCUT2D eigenvalue weighted by molar-refractivity contribution is 5.82. The maximum absolute atomic E-state index is 11.0. The maximum atomic E-state index is 11.0. The first kappa shape index (κ1) is 11.5. The van der Waals surface area contributed by atoms with Crippen molar-refractivity contribution in [3.63, 3.8) is 0 Å². The zero-order chi connectivity index (χ0) is 10.3. The SMILES string of the molecule is C#CCNC(=O)C(N)CCC(=O)O. The molecule has 13 heavy (non-hydrogen) atoms. The zero-order valence-electron chi connectivity index (χ0n) is 7.12. The first-order valence-corrected chi connectivity index (χ1v) is 3.76. The van der Waals surface area contributed by atoms with Crippen molar-refractivity contribution in [2.75, 3.05) is 6.54 Å². The van der Waals surface area contributed by atoms with Crippen molar-refractivity contribution in [1.29, 1.82) is 0 Å². The van der Waals surface area contributed by atoms with Crippen LogP contribution in [0.4, 0.5) is 0 Å². The highest BCUT2D eigenvalue weighted by atomic mass is 16.4. The van der Waals surface area contributed by atoms with Gasteiger partial charge in [0.25, 0.3) is 0 Å². The fourth-order valence-corrected chi connectivity index (χ4v) is 0.679. The second kappa shape index (κ2) is 6.03. The van der Waals surface area contributed by atoms with E-state index in [4.69, 9.17) is 17.3 Å². The summed E-state index contributed by atoms with van der Waals surface area (Å²) in [6, 6.07) is -0.801. The third kappa shape index (κ3) is 5.70. The number of nitrogens with one attached hydrogen (secondary N) is 1. The fraction of sp³-hybridized carbons (Fsp3) is 0.500. The van der Waals surface area contributed by atoms with Gasteiger partial charge in [-0.15, -0.1) is 6.42 Å². The van der Waals surface area contributed by atoms with Crippen LogP contribution in [0.1, 0.15) is 12.8 Å². The number of hydrogen-bond acceptors (Lipinski definition) is 3. The van der Waals surface area contributed by atoms with E-state index in [-0.39, 0.29) is 19.4 Å². The molecule has 0 heterocycles.